The number of hydrogen-bond acceptors (Lipinski definition) is 5. The molecule has 22 heavy (non-hydrogen) atoms. The number of fused-ring (bicyclic) bond motifs is 1. The Morgan fingerprint density at radius 2 is 2.14 bits per heavy atom. The number of aryl methyl sites for hydroxylation is 1. The molecule has 0 unspecified atom stereocenters. The summed E-state index contributed by atoms with van der Waals surface area (Å²) < 4.78 is 33.0. The van der Waals surface area contributed by atoms with E-state index in [9.17, 15) is 8.78 Å². The lowest BCUT2D eigenvalue weighted by atomic mass is 10.3. The van der Waals surface area contributed by atoms with Gasteiger partial charge in [0.1, 0.15) is 24.6 Å². The number of nitrogens with one attached hydrogen (secondary N) is 1. The van der Waals surface area contributed by atoms with Crippen molar-refractivity contribution in [2.24, 2.45) is 0 Å². The maximum atomic E-state index is 13.4. The molecule has 0 fully saturated rings. The summed E-state index contributed by atoms with van der Waals surface area (Å²) in [5.41, 5.74) is 0.800. The lowest BCUT2D eigenvalue weighted by Crippen LogP contribution is -2.15. The third kappa shape index (κ3) is 2.95. The third-order valence-electron chi connectivity index (χ3n) is 2.94. The molecule has 0 amide bonds. The SMILES string of the molecule is Cc1cc(NCCOc2ccc(F)cc2F)n2ncnc2n1. The molecule has 0 saturated carbocycles. The zero-order valence-electron chi connectivity index (χ0n) is 11.8. The van der Waals surface area contributed by atoms with Gasteiger partial charge in [0.25, 0.3) is 5.78 Å². The van der Waals surface area contributed by atoms with Crippen LogP contribution in [0.3, 0.4) is 0 Å². The number of benzene rings is 1. The quantitative estimate of drug-likeness (QED) is 0.732. The van der Waals surface area contributed by atoms with Gasteiger partial charge in [-0.2, -0.15) is 14.6 Å². The molecule has 3 aromatic rings. The molecule has 2 aromatic heterocycles. The Hall–Kier alpha value is -2.77. The molecule has 114 valence electrons. The maximum absolute atomic E-state index is 13.4. The number of rotatable bonds is 5. The number of ether oxygens (including phenoxy) is 1. The molecule has 0 atom stereocenters. The summed E-state index contributed by atoms with van der Waals surface area (Å²) in [5, 5.41) is 7.17. The van der Waals surface area contributed by atoms with Gasteiger partial charge in [0.15, 0.2) is 11.6 Å². The summed E-state index contributed by atoms with van der Waals surface area (Å²) in [4.78, 5) is 8.25. The van der Waals surface area contributed by atoms with E-state index in [0.29, 0.717) is 18.1 Å². The smallest absolute Gasteiger partial charge is 0.254 e. The first-order valence-electron chi connectivity index (χ1n) is 6.62. The van der Waals surface area contributed by atoms with E-state index < -0.39 is 11.6 Å². The third-order valence-corrected chi connectivity index (χ3v) is 2.94. The number of aromatic nitrogens is 4. The van der Waals surface area contributed by atoms with E-state index in [1.807, 2.05) is 13.0 Å². The van der Waals surface area contributed by atoms with Crippen molar-refractivity contribution in [2.45, 2.75) is 6.92 Å². The van der Waals surface area contributed by atoms with Crippen molar-refractivity contribution in [1.29, 1.82) is 0 Å². The van der Waals surface area contributed by atoms with Crippen LogP contribution in [0.25, 0.3) is 5.78 Å². The topological polar surface area (TPSA) is 64.3 Å². The Balaban J connectivity index is 1.61. The monoisotopic (exact) mass is 305 g/mol. The first-order chi connectivity index (χ1) is 10.6. The van der Waals surface area contributed by atoms with Crippen molar-refractivity contribution in [3.8, 4) is 5.75 Å². The van der Waals surface area contributed by atoms with E-state index in [2.05, 4.69) is 20.4 Å². The summed E-state index contributed by atoms with van der Waals surface area (Å²) >= 11 is 0. The van der Waals surface area contributed by atoms with Crippen LogP contribution in [0.1, 0.15) is 5.69 Å². The average molecular weight is 305 g/mol. The van der Waals surface area contributed by atoms with Crippen LogP contribution in [0.15, 0.2) is 30.6 Å². The molecule has 1 aromatic carbocycles. The van der Waals surface area contributed by atoms with Gasteiger partial charge >= 0.3 is 0 Å². The minimum Gasteiger partial charge on any atom is -0.489 e. The summed E-state index contributed by atoms with van der Waals surface area (Å²) in [6, 6.07) is 5.02. The van der Waals surface area contributed by atoms with E-state index in [4.69, 9.17) is 4.74 Å². The fourth-order valence-corrected chi connectivity index (χ4v) is 1.99. The van der Waals surface area contributed by atoms with Crippen LogP contribution in [0.5, 0.6) is 5.75 Å². The second kappa shape index (κ2) is 5.92. The largest absolute Gasteiger partial charge is 0.489 e. The Kier molecular flexibility index (Phi) is 3.82. The molecule has 0 aliphatic heterocycles. The van der Waals surface area contributed by atoms with Gasteiger partial charge in [-0.15, -0.1) is 0 Å². The number of halogens is 2. The van der Waals surface area contributed by atoms with Crippen molar-refractivity contribution in [1.82, 2.24) is 19.6 Å². The number of hydrogen-bond donors (Lipinski definition) is 1. The van der Waals surface area contributed by atoms with E-state index in [0.717, 1.165) is 17.8 Å². The number of anilines is 1. The van der Waals surface area contributed by atoms with Gasteiger partial charge in [-0.3, -0.25) is 0 Å². The minimum atomic E-state index is -0.724. The Morgan fingerprint density at radius 3 is 2.95 bits per heavy atom. The van der Waals surface area contributed by atoms with Crippen LogP contribution in [-0.4, -0.2) is 32.7 Å². The van der Waals surface area contributed by atoms with Gasteiger partial charge in [-0.05, 0) is 19.1 Å². The van der Waals surface area contributed by atoms with Crippen molar-refractivity contribution in [3.05, 3.63) is 47.9 Å². The molecule has 3 rings (SSSR count). The Bertz CT molecular complexity index is 805. The highest BCUT2D eigenvalue weighted by atomic mass is 19.1. The van der Waals surface area contributed by atoms with Crippen LogP contribution in [0.4, 0.5) is 14.6 Å². The zero-order chi connectivity index (χ0) is 15.5. The standard InChI is InChI=1S/C14H13F2N5O/c1-9-6-13(21-14(20-9)18-8-19-21)17-4-5-22-12-3-2-10(15)7-11(12)16/h2-3,6-8,17H,4-5H2,1H3. The number of nitrogens with zero attached hydrogens (tertiary/aromatic N) is 4. The summed E-state index contributed by atoms with van der Waals surface area (Å²) in [6.07, 6.45) is 1.41. The Labute approximate surface area is 124 Å². The van der Waals surface area contributed by atoms with E-state index in [1.165, 1.54) is 12.4 Å². The molecule has 1 N–H and O–H groups in total. The fourth-order valence-electron chi connectivity index (χ4n) is 1.99. The van der Waals surface area contributed by atoms with Crippen LogP contribution < -0.4 is 10.1 Å². The predicted molar refractivity (Wildman–Crippen MR) is 75.9 cm³/mol. The van der Waals surface area contributed by atoms with Gasteiger partial charge in [0.2, 0.25) is 0 Å². The highest BCUT2D eigenvalue weighted by Crippen LogP contribution is 2.17. The van der Waals surface area contributed by atoms with Crippen molar-refractivity contribution < 1.29 is 13.5 Å². The molecule has 0 radical (unpaired) electrons. The second-order valence-electron chi connectivity index (χ2n) is 4.60. The molecule has 0 aliphatic carbocycles. The first kappa shape index (κ1) is 14.2. The first-order valence-corrected chi connectivity index (χ1v) is 6.62. The molecule has 0 saturated heterocycles. The van der Waals surface area contributed by atoms with E-state index >= 15 is 0 Å². The fraction of sp³-hybridized carbons (Fsp3) is 0.214. The highest BCUT2D eigenvalue weighted by molar-refractivity contribution is 5.44. The highest BCUT2D eigenvalue weighted by Gasteiger charge is 2.06. The maximum Gasteiger partial charge on any atom is 0.254 e. The molecule has 8 heteroatoms. The van der Waals surface area contributed by atoms with Gasteiger partial charge in [0.05, 0.1) is 6.54 Å². The zero-order valence-corrected chi connectivity index (χ0v) is 11.8. The summed E-state index contributed by atoms with van der Waals surface area (Å²) in [5.74, 6) is -0.140. The summed E-state index contributed by atoms with van der Waals surface area (Å²) in [7, 11) is 0. The van der Waals surface area contributed by atoms with Crippen molar-refractivity contribution in [2.75, 3.05) is 18.5 Å². The average Bonchev–Trinajstić information content (AvgIpc) is 2.93. The van der Waals surface area contributed by atoms with Crippen LogP contribution in [0.2, 0.25) is 0 Å². The van der Waals surface area contributed by atoms with E-state index in [1.54, 1.807) is 4.52 Å². The molecular weight excluding hydrogens is 292 g/mol. The van der Waals surface area contributed by atoms with Gasteiger partial charge in [0, 0.05) is 17.8 Å². The molecule has 0 spiro atoms. The molecular formula is C14H13F2N5O. The lowest BCUT2D eigenvalue weighted by Gasteiger charge is -2.10. The molecule has 0 aliphatic rings. The predicted octanol–water partition coefficient (Wildman–Crippen LogP) is 2.20. The lowest BCUT2D eigenvalue weighted by molar-refractivity contribution is 0.313. The summed E-state index contributed by atoms with van der Waals surface area (Å²) in [6.45, 7) is 2.47. The van der Waals surface area contributed by atoms with Crippen molar-refractivity contribution in [3.63, 3.8) is 0 Å². The van der Waals surface area contributed by atoms with Gasteiger partial charge < -0.3 is 10.1 Å². The van der Waals surface area contributed by atoms with Crippen molar-refractivity contribution >= 4 is 11.6 Å². The minimum absolute atomic E-state index is 0.0139. The normalized spacial score (nSPS) is 10.9. The Morgan fingerprint density at radius 1 is 1.27 bits per heavy atom. The van der Waals surface area contributed by atoms with Gasteiger partial charge in [-0.1, -0.05) is 0 Å². The van der Waals surface area contributed by atoms with Crippen LogP contribution in [0, 0.1) is 18.6 Å². The van der Waals surface area contributed by atoms with Crippen LogP contribution in [-0.2, 0) is 0 Å². The molecule has 0 bridgehead atoms. The second-order valence-corrected chi connectivity index (χ2v) is 4.60. The van der Waals surface area contributed by atoms with E-state index in [-0.39, 0.29) is 12.4 Å². The molecule has 6 nitrogen and oxygen atoms in total. The molecule has 2 heterocycles. The van der Waals surface area contributed by atoms with Crippen LogP contribution >= 0.6 is 0 Å². The van der Waals surface area contributed by atoms with Gasteiger partial charge in [-0.25, -0.2) is 13.8 Å².